The van der Waals surface area contributed by atoms with Gasteiger partial charge < -0.3 is 10.5 Å². The van der Waals surface area contributed by atoms with Gasteiger partial charge >= 0.3 is 0 Å². The first-order chi connectivity index (χ1) is 9.29. The summed E-state index contributed by atoms with van der Waals surface area (Å²) in [6.45, 7) is 1.31. The first-order valence-corrected chi connectivity index (χ1v) is 7.24. The fraction of sp³-hybridized carbons (Fsp3) is 0.250. The van der Waals surface area contributed by atoms with Gasteiger partial charge in [0.1, 0.15) is 12.4 Å². The standard InChI is InChI=1S/C16H18BrNO/c17-16-6-2-1-5-14(16)12-19-15-9-7-13(8-10-15)4-3-11-18/h1-2,5-10H,3-4,11-12,18H2. The third-order valence-corrected chi connectivity index (χ3v) is 3.72. The van der Waals surface area contributed by atoms with Crippen molar-refractivity contribution in [3.63, 3.8) is 0 Å². The molecule has 0 bridgehead atoms. The molecule has 0 unspecified atom stereocenters. The Kier molecular flexibility index (Phi) is 5.43. The molecule has 0 spiro atoms. The van der Waals surface area contributed by atoms with E-state index in [0.717, 1.165) is 35.2 Å². The van der Waals surface area contributed by atoms with Crippen LogP contribution in [0.3, 0.4) is 0 Å². The van der Waals surface area contributed by atoms with E-state index in [9.17, 15) is 0 Å². The summed E-state index contributed by atoms with van der Waals surface area (Å²) >= 11 is 3.52. The fourth-order valence-corrected chi connectivity index (χ4v) is 2.23. The molecule has 0 amide bonds. The van der Waals surface area contributed by atoms with E-state index >= 15 is 0 Å². The van der Waals surface area contributed by atoms with Gasteiger partial charge in [-0.05, 0) is 43.1 Å². The van der Waals surface area contributed by atoms with Crippen LogP contribution in [-0.4, -0.2) is 6.54 Å². The molecule has 3 heteroatoms. The van der Waals surface area contributed by atoms with E-state index in [4.69, 9.17) is 10.5 Å². The summed E-state index contributed by atoms with van der Waals surface area (Å²) in [4.78, 5) is 0. The van der Waals surface area contributed by atoms with Crippen molar-refractivity contribution in [1.82, 2.24) is 0 Å². The van der Waals surface area contributed by atoms with Gasteiger partial charge in [0.2, 0.25) is 0 Å². The molecule has 0 heterocycles. The van der Waals surface area contributed by atoms with Crippen LogP contribution in [0.15, 0.2) is 53.0 Å². The lowest BCUT2D eigenvalue weighted by Gasteiger charge is -2.08. The summed E-state index contributed by atoms with van der Waals surface area (Å²) in [6.07, 6.45) is 2.05. The lowest BCUT2D eigenvalue weighted by atomic mass is 10.1. The Bertz CT molecular complexity index is 510. The Morgan fingerprint density at radius 3 is 2.42 bits per heavy atom. The average Bonchev–Trinajstić information content (AvgIpc) is 2.45. The summed E-state index contributed by atoms with van der Waals surface area (Å²) in [5.74, 6) is 0.896. The van der Waals surface area contributed by atoms with Crippen molar-refractivity contribution in [1.29, 1.82) is 0 Å². The van der Waals surface area contributed by atoms with Crippen LogP contribution in [0.2, 0.25) is 0 Å². The first-order valence-electron chi connectivity index (χ1n) is 6.45. The molecule has 2 nitrogen and oxygen atoms in total. The van der Waals surface area contributed by atoms with E-state index in [1.54, 1.807) is 0 Å². The molecule has 2 aromatic carbocycles. The number of nitrogens with two attached hydrogens (primary N) is 1. The maximum atomic E-state index is 5.78. The van der Waals surface area contributed by atoms with Crippen LogP contribution in [0.4, 0.5) is 0 Å². The van der Waals surface area contributed by atoms with E-state index in [-0.39, 0.29) is 0 Å². The summed E-state index contributed by atoms with van der Waals surface area (Å²) in [6, 6.07) is 16.3. The highest BCUT2D eigenvalue weighted by Gasteiger charge is 2.00. The second-order valence-electron chi connectivity index (χ2n) is 4.42. The SMILES string of the molecule is NCCCc1ccc(OCc2ccccc2Br)cc1. The molecule has 0 atom stereocenters. The van der Waals surface area contributed by atoms with Crippen LogP contribution in [-0.2, 0) is 13.0 Å². The van der Waals surface area contributed by atoms with Crippen LogP contribution >= 0.6 is 15.9 Å². The minimum atomic E-state index is 0.573. The average molecular weight is 320 g/mol. The molecule has 2 N–H and O–H groups in total. The van der Waals surface area contributed by atoms with Crippen LogP contribution in [0.5, 0.6) is 5.75 Å². The Balaban J connectivity index is 1.91. The van der Waals surface area contributed by atoms with Crippen molar-refractivity contribution in [2.24, 2.45) is 5.73 Å². The highest BCUT2D eigenvalue weighted by atomic mass is 79.9. The summed E-state index contributed by atoms with van der Waals surface area (Å²) in [7, 11) is 0. The third kappa shape index (κ3) is 4.37. The molecule has 0 fully saturated rings. The Morgan fingerprint density at radius 2 is 1.74 bits per heavy atom. The lowest BCUT2D eigenvalue weighted by molar-refractivity contribution is 0.305. The van der Waals surface area contributed by atoms with E-state index in [1.165, 1.54) is 5.56 Å². The van der Waals surface area contributed by atoms with Gasteiger partial charge in [0, 0.05) is 10.0 Å². The number of rotatable bonds is 6. The lowest BCUT2D eigenvalue weighted by Crippen LogP contribution is -2.00. The van der Waals surface area contributed by atoms with Crippen LogP contribution < -0.4 is 10.5 Å². The van der Waals surface area contributed by atoms with Crippen molar-refractivity contribution in [3.05, 3.63) is 64.1 Å². The maximum absolute atomic E-state index is 5.78. The number of aryl methyl sites for hydroxylation is 1. The number of halogens is 1. The number of benzene rings is 2. The molecule has 2 aromatic rings. The second-order valence-corrected chi connectivity index (χ2v) is 5.27. The number of hydrogen-bond donors (Lipinski definition) is 1. The van der Waals surface area contributed by atoms with Gasteiger partial charge in [0.25, 0.3) is 0 Å². The molecule has 100 valence electrons. The predicted molar refractivity (Wildman–Crippen MR) is 82.3 cm³/mol. The third-order valence-electron chi connectivity index (χ3n) is 2.95. The van der Waals surface area contributed by atoms with Crippen molar-refractivity contribution in [3.8, 4) is 5.75 Å². The van der Waals surface area contributed by atoms with Gasteiger partial charge in [-0.15, -0.1) is 0 Å². The number of hydrogen-bond acceptors (Lipinski definition) is 2. The first kappa shape index (κ1) is 14.1. The van der Waals surface area contributed by atoms with Gasteiger partial charge in [0.15, 0.2) is 0 Å². The molecule has 0 aromatic heterocycles. The van der Waals surface area contributed by atoms with Crippen molar-refractivity contribution >= 4 is 15.9 Å². The van der Waals surface area contributed by atoms with Crippen LogP contribution in [0.1, 0.15) is 17.5 Å². The van der Waals surface area contributed by atoms with E-state index in [0.29, 0.717) is 6.61 Å². The highest BCUT2D eigenvalue weighted by molar-refractivity contribution is 9.10. The predicted octanol–water partition coefficient (Wildman–Crippen LogP) is 3.92. The van der Waals surface area contributed by atoms with Gasteiger partial charge in [-0.1, -0.05) is 46.3 Å². The molecular weight excluding hydrogens is 302 g/mol. The second kappa shape index (κ2) is 7.31. The molecule has 0 saturated heterocycles. The molecule has 0 radical (unpaired) electrons. The monoisotopic (exact) mass is 319 g/mol. The molecule has 2 rings (SSSR count). The quantitative estimate of drug-likeness (QED) is 0.875. The Morgan fingerprint density at radius 1 is 1.00 bits per heavy atom. The molecule has 0 saturated carbocycles. The van der Waals surface area contributed by atoms with Gasteiger partial charge in [-0.3, -0.25) is 0 Å². The highest BCUT2D eigenvalue weighted by Crippen LogP contribution is 2.19. The molecule has 0 aliphatic rings. The minimum absolute atomic E-state index is 0.573. The van der Waals surface area contributed by atoms with E-state index in [2.05, 4.69) is 34.1 Å². The van der Waals surface area contributed by atoms with E-state index in [1.807, 2.05) is 30.3 Å². The number of ether oxygens (including phenoxy) is 1. The zero-order valence-electron chi connectivity index (χ0n) is 10.8. The minimum Gasteiger partial charge on any atom is -0.489 e. The molecule has 19 heavy (non-hydrogen) atoms. The normalized spacial score (nSPS) is 10.4. The topological polar surface area (TPSA) is 35.2 Å². The van der Waals surface area contributed by atoms with Gasteiger partial charge in [-0.25, -0.2) is 0 Å². The smallest absolute Gasteiger partial charge is 0.119 e. The maximum Gasteiger partial charge on any atom is 0.119 e. The van der Waals surface area contributed by atoms with Crippen molar-refractivity contribution in [2.75, 3.05) is 6.54 Å². The Hall–Kier alpha value is -1.32. The zero-order chi connectivity index (χ0) is 13.5. The van der Waals surface area contributed by atoms with Gasteiger partial charge in [-0.2, -0.15) is 0 Å². The van der Waals surface area contributed by atoms with E-state index < -0.39 is 0 Å². The van der Waals surface area contributed by atoms with Gasteiger partial charge in [0.05, 0.1) is 0 Å². The Labute approximate surface area is 122 Å². The fourth-order valence-electron chi connectivity index (χ4n) is 1.84. The largest absolute Gasteiger partial charge is 0.489 e. The molecule has 0 aliphatic carbocycles. The summed E-state index contributed by atoms with van der Waals surface area (Å²) in [5.41, 5.74) is 7.96. The van der Waals surface area contributed by atoms with Crippen molar-refractivity contribution < 1.29 is 4.74 Å². The molecular formula is C16H18BrNO. The van der Waals surface area contributed by atoms with Crippen LogP contribution in [0.25, 0.3) is 0 Å². The molecule has 0 aliphatic heterocycles. The zero-order valence-corrected chi connectivity index (χ0v) is 12.4. The van der Waals surface area contributed by atoms with Crippen LogP contribution in [0, 0.1) is 0 Å². The summed E-state index contributed by atoms with van der Waals surface area (Å²) < 4.78 is 6.86. The van der Waals surface area contributed by atoms with Crippen molar-refractivity contribution in [2.45, 2.75) is 19.4 Å². The summed E-state index contributed by atoms with van der Waals surface area (Å²) in [5, 5.41) is 0.